The van der Waals surface area contributed by atoms with Gasteiger partial charge in [0.05, 0.1) is 7.11 Å². The summed E-state index contributed by atoms with van der Waals surface area (Å²) in [4.78, 5) is 31.6. The number of carbonyl (C=O) groups excluding carboxylic acids is 2. The Morgan fingerprint density at radius 2 is 1.76 bits per heavy atom. The lowest BCUT2D eigenvalue weighted by molar-refractivity contribution is -0.162. The second-order valence-corrected chi connectivity index (χ2v) is 10.3. The van der Waals surface area contributed by atoms with Gasteiger partial charge in [0.25, 0.3) is 0 Å². The Morgan fingerprint density at radius 1 is 1.06 bits per heavy atom. The molecule has 1 saturated carbocycles. The van der Waals surface area contributed by atoms with Gasteiger partial charge in [0.1, 0.15) is 17.3 Å². The SMILES string of the molecule is CCCCN1C(=O)[C@H](CC2CCCCC2)NC(=O)C12CCN(Cc1ccc(OC)cc1)CC2. The van der Waals surface area contributed by atoms with Crippen LogP contribution >= 0.6 is 0 Å². The van der Waals surface area contributed by atoms with Gasteiger partial charge in [-0.25, -0.2) is 0 Å². The van der Waals surface area contributed by atoms with Gasteiger partial charge < -0.3 is 15.0 Å². The molecule has 6 heteroatoms. The third-order valence-electron chi connectivity index (χ3n) is 8.09. The first-order valence-electron chi connectivity index (χ1n) is 13.0. The summed E-state index contributed by atoms with van der Waals surface area (Å²) in [5.74, 6) is 1.69. The first-order valence-corrected chi connectivity index (χ1v) is 13.0. The molecule has 1 aromatic carbocycles. The Labute approximate surface area is 199 Å². The van der Waals surface area contributed by atoms with E-state index in [1.54, 1.807) is 7.11 Å². The normalized spacial score (nSPS) is 24.2. The minimum Gasteiger partial charge on any atom is -0.497 e. The summed E-state index contributed by atoms with van der Waals surface area (Å²) in [7, 11) is 1.68. The fourth-order valence-electron chi connectivity index (χ4n) is 6.00. The molecule has 2 heterocycles. The van der Waals surface area contributed by atoms with Crippen LogP contribution in [0.15, 0.2) is 24.3 Å². The van der Waals surface area contributed by atoms with Crippen molar-refractivity contribution >= 4 is 11.8 Å². The van der Waals surface area contributed by atoms with E-state index >= 15 is 0 Å². The van der Waals surface area contributed by atoms with Crippen LogP contribution in [0.1, 0.15) is 76.7 Å². The van der Waals surface area contributed by atoms with Gasteiger partial charge in [-0.15, -0.1) is 0 Å². The molecular formula is C27H41N3O3. The number of ether oxygens (including phenoxy) is 1. The van der Waals surface area contributed by atoms with Crippen LogP contribution in [0.3, 0.4) is 0 Å². The summed E-state index contributed by atoms with van der Waals surface area (Å²) >= 11 is 0. The number of methoxy groups -OCH3 is 1. The Morgan fingerprint density at radius 3 is 2.39 bits per heavy atom. The third kappa shape index (κ3) is 5.37. The molecular weight excluding hydrogens is 414 g/mol. The van der Waals surface area contributed by atoms with Crippen LogP contribution < -0.4 is 10.1 Å². The van der Waals surface area contributed by atoms with Crippen molar-refractivity contribution in [1.82, 2.24) is 15.1 Å². The number of piperidine rings is 1. The summed E-state index contributed by atoms with van der Waals surface area (Å²) in [6.45, 7) is 5.35. The van der Waals surface area contributed by atoms with Gasteiger partial charge in [-0.1, -0.05) is 57.6 Å². The molecule has 1 spiro atoms. The van der Waals surface area contributed by atoms with Crippen LogP contribution in [-0.2, 0) is 16.1 Å². The van der Waals surface area contributed by atoms with E-state index in [9.17, 15) is 9.59 Å². The van der Waals surface area contributed by atoms with Crippen molar-refractivity contribution in [2.75, 3.05) is 26.7 Å². The summed E-state index contributed by atoms with van der Waals surface area (Å²) in [5.41, 5.74) is 0.567. The largest absolute Gasteiger partial charge is 0.497 e. The van der Waals surface area contributed by atoms with Crippen LogP contribution in [0.25, 0.3) is 0 Å². The zero-order chi connectivity index (χ0) is 23.3. The topological polar surface area (TPSA) is 61.9 Å². The minimum absolute atomic E-state index is 0.0862. The summed E-state index contributed by atoms with van der Waals surface area (Å²) in [5, 5.41) is 3.20. The van der Waals surface area contributed by atoms with Gasteiger partial charge in [-0.3, -0.25) is 14.5 Å². The van der Waals surface area contributed by atoms with Gasteiger partial charge in [-0.2, -0.15) is 0 Å². The molecule has 3 aliphatic rings. The highest BCUT2D eigenvalue weighted by Gasteiger charge is 2.53. The summed E-state index contributed by atoms with van der Waals surface area (Å²) in [6.07, 6.45) is 10.4. The van der Waals surface area contributed by atoms with Crippen LogP contribution in [0, 0.1) is 5.92 Å². The molecule has 0 aromatic heterocycles. The van der Waals surface area contributed by atoms with Crippen LogP contribution in [0.4, 0.5) is 0 Å². The Kier molecular flexibility index (Phi) is 7.94. The molecule has 2 amide bonds. The molecule has 2 aliphatic heterocycles. The highest BCUT2D eigenvalue weighted by molar-refractivity contribution is 6.00. The number of likely N-dealkylation sites (tertiary alicyclic amines) is 1. The van der Waals surface area contributed by atoms with Gasteiger partial charge >= 0.3 is 0 Å². The number of nitrogens with zero attached hydrogens (tertiary/aromatic N) is 2. The first kappa shape index (κ1) is 24.1. The molecule has 1 atom stereocenters. The lowest BCUT2D eigenvalue weighted by atomic mass is 9.79. The first-order chi connectivity index (χ1) is 16.1. The fraction of sp³-hybridized carbons (Fsp3) is 0.704. The smallest absolute Gasteiger partial charge is 0.246 e. The zero-order valence-electron chi connectivity index (χ0n) is 20.5. The zero-order valence-corrected chi connectivity index (χ0v) is 20.5. The number of amides is 2. The maximum atomic E-state index is 13.6. The number of carbonyl (C=O) groups is 2. The van der Waals surface area contributed by atoms with E-state index in [2.05, 4.69) is 29.3 Å². The van der Waals surface area contributed by atoms with Gasteiger partial charge in [0, 0.05) is 26.2 Å². The van der Waals surface area contributed by atoms with Crippen molar-refractivity contribution in [2.45, 2.75) is 89.3 Å². The highest BCUT2D eigenvalue weighted by atomic mass is 16.5. The molecule has 0 bridgehead atoms. The van der Waals surface area contributed by atoms with E-state index in [-0.39, 0.29) is 17.9 Å². The third-order valence-corrected chi connectivity index (χ3v) is 8.09. The molecule has 33 heavy (non-hydrogen) atoms. The van der Waals surface area contributed by atoms with E-state index in [1.165, 1.54) is 37.7 Å². The van der Waals surface area contributed by atoms with Gasteiger partial charge in [0.2, 0.25) is 11.8 Å². The monoisotopic (exact) mass is 455 g/mol. The minimum atomic E-state index is -0.675. The number of piperazine rings is 1. The highest BCUT2D eigenvalue weighted by Crippen LogP contribution is 2.36. The Hall–Kier alpha value is -2.08. The maximum absolute atomic E-state index is 13.6. The van der Waals surface area contributed by atoms with Crippen molar-refractivity contribution in [2.24, 2.45) is 5.92 Å². The summed E-state index contributed by atoms with van der Waals surface area (Å²) < 4.78 is 5.26. The predicted molar refractivity (Wildman–Crippen MR) is 130 cm³/mol. The lowest BCUT2D eigenvalue weighted by Gasteiger charge is -2.52. The molecule has 1 aliphatic carbocycles. The van der Waals surface area contributed by atoms with Crippen molar-refractivity contribution in [3.63, 3.8) is 0 Å². The van der Waals surface area contributed by atoms with Gasteiger partial charge in [0.15, 0.2) is 0 Å². The average Bonchev–Trinajstić information content (AvgIpc) is 2.85. The van der Waals surface area contributed by atoms with Crippen molar-refractivity contribution in [3.05, 3.63) is 29.8 Å². The molecule has 1 aromatic rings. The average molecular weight is 456 g/mol. The molecule has 1 N–H and O–H groups in total. The van der Waals surface area contributed by atoms with Crippen LogP contribution in [0.2, 0.25) is 0 Å². The van der Waals surface area contributed by atoms with Crippen LogP contribution in [0.5, 0.6) is 5.75 Å². The lowest BCUT2D eigenvalue weighted by Crippen LogP contribution is -2.73. The van der Waals surface area contributed by atoms with E-state index < -0.39 is 5.54 Å². The quantitative estimate of drug-likeness (QED) is 0.640. The Bertz CT molecular complexity index is 795. The molecule has 182 valence electrons. The number of hydrogen-bond acceptors (Lipinski definition) is 4. The van der Waals surface area contributed by atoms with Crippen molar-refractivity contribution in [3.8, 4) is 5.75 Å². The predicted octanol–water partition coefficient (Wildman–Crippen LogP) is 4.13. The Balaban J connectivity index is 1.42. The van der Waals surface area contributed by atoms with Crippen LogP contribution in [-0.4, -0.2) is 59.9 Å². The van der Waals surface area contributed by atoms with Gasteiger partial charge in [-0.05, 0) is 49.3 Å². The second-order valence-electron chi connectivity index (χ2n) is 10.3. The fourth-order valence-corrected chi connectivity index (χ4v) is 6.00. The number of rotatable bonds is 8. The van der Waals surface area contributed by atoms with E-state index in [1.807, 2.05) is 17.0 Å². The number of benzene rings is 1. The van der Waals surface area contributed by atoms with Crippen molar-refractivity contribution < 1.29 is 14.3 Å². The standard InChI is InChI=1S/C27H41N3O3/c1-3-4-16-30-25(31)24(19-21-8-6-5-7-9-21)28-26(32)27(30)14-17-29(18-15-27)20-22-10-12-23(33-2)13-11-22/h10-13,21,24H,3-9,14-20H2,1-2H3,(H,28,32)/t24-/m0/s1. The van der Waals surface area contributed by atoms with E-state index in [0.717, 1.165) is 44.6 Å². The molecule has 2 saturated heterocycles. The molecule has 0 unspecified atom stereocenters. The number of unbranched alkanes of at least 4 members (excludes halogenated alkanes) is 1. The number of nitrogens with one attached hydrogen (secondary N) is 1. The molecule has 3 fully saturated rings. The molecule has 0 radical (unpaired) electrons. The molecule has 4 rings (SSSR count). The number of hydrogen-bond donors (Lipinski definition) is 1. The van der Waals surface area contributed by atoms with E-state index in [4.69, 9.17) is 4.74 Å². The van der Waals surface area contributed by atoms with E-state index in [0.29, 0.717) is 25.3 Å². The summed E-state index contributed by atoms with van der Waals surface area (Å²) in [6, 6.07) is 7.85. The maximum Gasteiger partial charge on any atom is 0.246 e. The second kappa shape index (κ2) is 10.9. The molecule has 6 nitrogen and oxygen atoms in total. The van der Waals surface area contributed by atoms with Crippen molar-refractivity contribution in [1.29, 1.82) is 0 Å².